The zero-order chi connectivity index (χ0) is 23.9. The van der Waals surface area contributed by atoms with E-state index in [9.17, 15) is 9.59 Å². The van der Waals surface area contributed by atoms with Gasteiger partial charge in [-0.1, -0.05) is 19.9 Å². The van der Waals surface area contributed by atoms with Crippen LogP contribution in [0.4, 0.5) is 0 Å². The quantitative estimate of drug-likeness (QED) is 0.635. The van der Waals surface area contributed by atoms with Gasteiger partial charge in [-0.25, -0.2) is 0 Å². The first kappa shape index (κ1) is 24.8. The maximum absolute atomic E-state index is 12.9. The van der Waals surface area contributed by atoms with E-state index in [1.54, 1.807) is 0 Å². The number of benzene rings is 1. The molecule has 34 heavy (non-hydrogen) atoms. The lowest BCUT2D eigenvalue weighted by atomic mass is 9.95. The Balaban J connectivity index is 1.25. The average molecular weight is 475 g/mol. The number of fused-ring (bicyclic) bond motifs is 1. The van der Waals surface area contributed by atoms with E-state index in [1.807, 2.05) is 23.1 Å². The van der Waals surface area contributed by atoms with Crippen LogP contribution in [0.5, 0.6) is 11.5 Å². The van der Waals surface area contributed by atoms with Gasteiger partial charge >= 0.3 is 0 Å². The van der Waals surface area contributed by atoms with Crippen molar-refractivity contribution in [3.05, 3.63) is 23.8 Å². The second kappa shape index (κ2) is 11.9. The van der Waals surface area contributed by atoms with Gasteiger partial charge in [-0.2, -0.15) is 0 Å². The Morgan fingerprint density at radius 3 is 2.21 bits per heavy atom. The fourth-order valence-corrected chi connectivity index (χ4v) is 4.64. The van der Waals surface area contributed by atoms with Crippen LogP contribution in [0, 0.1) is 5.92 Å². The van der Waals surface area contributed by atoms with Crippen LogP contribution in [0.15, 0.2) is 18.2 Å². The van der Waals surface area contributed by atoms with Crippen molar-refractivity contribution in [3.63, 3.8) is 0 Å². The number of hydrogen-bond donors (Lipinski definition) is 1. The molecule has 0 saturated carbocycles. The minimum Gasteiger partial charge on any atom is -0.490 e. The smallest absolute Gasteiger partial charge is 0.236 e. The number of ether oxygens (including phenoxy) is 3. The molecular weight excluding hydrogens is 436 g/mol. The fourth-order valence-electron chi connectivity index (χ4n) is 4.64. The molecule has 0 spiro atoms. The van der Waals surface area contributed by atoms with Crippen molar-refractivity contribution < 1.29 is 23.8 Å². The molecule has 0 unspecified atom stereocenters. The zero-order valence-corrected chi connectivity index (χ0v) is 20.5. The molecule has 1 aromatic rings. The third-order valence-electron chi connectivity index (χ3n) is 6.67. The molecule has 2 amide bonds. The van der Waals surface area contributed by atoms with Gasteiger partial charge in [0.05, 0.1) is 45.6 Å². The van der Waals surface area contributed by atoms with Crippen LogP contribution in [0.2, 0.25) is 0 Å². The zero-order valence-electron chi connectivity index (χ0n) is 20.5. The number of morpholine rings is 1. The highest BCUT2D eigenvalue weighted by molar-refractivity contribution is 5.79. The Morgan fingerprint density at radius 2 is 1.53 bits per heavy atom. The van der Waals surface area contributed by atoms with Crippen LogP contribution in [-0.2, 0) is 14.3 Å². The largest absolute Gasteiger partial charge is 0.490 e. The molecule has 0 radical (unpaired) electrons. The minimum absolute atomic E-state index is 0.0173. The number of amides is 2. The number of nitrogens with zero attached hydrogens (tertiary/aromatic N) is 3. The maximum atomic E-state index is 12.9. The van der Waals surface area contributed by atoms with Crippen LogP contribution in [0.3, 0.4) is 0 Å². The lowest BCUT2D eigenvalue weighted by Gasteiger charge is -2.36. The minimum atomic E-state index is -0.0999. The lowest BCUT2D eigenvalue weighted by molar-refractivity contribution is -0.137. The summed E-state index contributed by atoms with van der Waals surface area (Å²) in [6.07, 6.45) is 0.864. The molecule has 1 aromatic carbocycles. The fraction of sp³-hybridized carbons (Fsp3) is 0.680. The van der Waals surface area contributed by atoms with E-state index in [4.69, 9.17) is 14.2 Å². The first-order chi connectivity index (χ1) is 16.5. The summed E-state index contributed by atoms with van der Waals surface area (Å²) in [6, 6.07) is 5.85. The van der Waals surface area contributed by atoms with Gasteiger partial charge in [0.1, 0.15) is 0 Å². The predicted octanol–water partition coefficient (Wildman–Crippen LogP) is 1.14. The second-order valence-corrected chi connectivity index (χ2v) is 9.59. The Labute approximate surface area is 202 Å². The summed E-state index contributed by atoms with van der Waals surface area (Å²) in [4.78, 5) is 31.6. The van der Waals surface area contributed by atoms with Crippen LogP contribution < -0.4 is 14.8 Å². The first-order valence-electron chi connectivity index (χ1n) is 12.5. The molecule has 3 heterocycles. The van der Waals surface area contributed by atoms with Gasteiger partial charge in [0.2, 0.25) is 11.8 Å². The summed E-state index contributed by atoms with van der Waals surface area (Å²) in [5.41, 5.74) is 1.03. The molecule has 0 bridgehead atoms. The molecule has 0 aliphatic carbocycles. The van der Waals surface area contributed by atoms with Crippen LogP contribution in [0.1, 0.15) is 31.9 Å². The van der Waals surface area contributed by atoms with Crippen molar-refractivity contribution in [1.29, 1.82) is 0 Å². The van der Waals surface area contributed by atoms with Crippen molar-refractivity contribution >= 4 is 11.8 Å². The highest BCUT2D eigenvalue weighted by atomic mass is 16.5. The molecule has 0 aromatic heterocycles. The van der Waals surface area contributed by atoms with Gasteiger partial charge in [0, 0.05) is 45.7 Å². The Kier molecular flexibility index (Phi) is 8.64. The van der Waals surface area contributed by atoms with E-state index in [1.165, 1.54) is 0 Å². The molecule has 1 atom stereocenters. The third kappa shape index (κ3) is 6.61. The Bertz CT molecular complexity index is 835. The summed E-state index contributed by atoms with van der Waals surface area (Å²) >= 11 is 0. The second-order valence-electron chi connectivity index (χ2n) is 9.59. The van der Waals surface area contributed by atoms with E-state index < -0.39 is 0 Å². The third-order valence-corrected chi connectivity index (χ3v) is 6.67. The molecule has 1 N–H and O–H groups in total. The molecule has 4 rings (SSSR count). The number of hydrogen-bond acceptors (Lipinski definition) is 7. The summed E-state index contributed by atoms with van der Waals surface area (Å²) < 4.78 is 16.9. The van der Waals surface area contributed by atoms with Gasteiger partial charge in [-0.05, 0) is 23.6 Å². The van der Waals surface area contributed by atoms with Gasteiger partial charge in [0.15, 0.2) is 11.5 Å². The molecule has 3 aliphatic rings. The molecular formula is C25H38N4O5. The SMILES string of the molecule is CC(C)[C@@H](NC(=O)CN1CCN(CC(=O)N2CCOCC2)CC1)c1ccc2c(c1)OCCCO2. The monoisotopic (exact) mass is 474 g/mol. The molecule has 188 valence electrons. The van der Waals surface area contributed by atoms with Gasteiger partial charge in [-0.3, -0.25) is 19.4 Å². The Hall–Kier alpha value is -2.36. The molecule has 3 aliphatic heterocycles. The number of carbonyl (C=O) groups excluding carboxylic acids is 2. The van der Waals surface area contributed by atoms with Crippen LogP contribution >= 0.6 is 0 Å². The maximum Gasteiger partial charge on any atom is 0.236 e. The molecule has 9 nitrogen and oxygen atoms in total. The highest BCUT2D eigenvalue weighted by Crippen LogP contribution is 2.34. The lowest BCUT2D eigenvalue weighted by Crippen LogP contribution is -2.53. The normalized spacial score (nSPS) is 20.6. The highest BCUT2D eigenvalue weighted by Gasteiger charge is 2.26. The summed E-state index contributed by atoms with van der Waals surface area (Å²) in [5.74, 6) is 1.93. The van der Waals surface area contributed by atoms with Crippen LogP contribution in [-0.4, -0.2) is 105 Å². The van der Waals surface area contributed by atoms with Gasteiger partial charge < -0.3 is 24.4 Å². The summed E-state index contributed by atoms with van der Waals surface area (Å²) in [5, 5.41) is 3.23. The number of carbonyl (C=O) groups is 2. The average Bonchev–Trinajstić information content (AvgIpc) is 3.09. The first-order valence-corrected chi connectivity index (χ1v) is 12.5. The van der Waals surface area contributed by atoms with E-state index in [2.05, 4.69) is 29.0 Å². The van der Waals surface area contributed by atoms with E-state index in [0.29, 0.717) is 52.6 Å². The molecule has 2 saturated heterocycles. The molecule has 2 fully saturated rings. The topological polar surface area (TPSA) is 83.6 Å². The van der Waals surface area contributed by atoms with Crippen molar-refractivity contribution in [1.82, 2.24) is 20.0 Å². The predicted molar refractivity (Wildman–Crippen MR) is 128 cm³/mol. The van der Waals surface area contributed by atoms with Crippen LogP contribution in [0.25, 0.3) is 0 Å². The summed E-state index contributed by atoms with van der Waals surface area (Å²) in [6.45, 7) is 12.1. The Morgan fingerprint density at radius 1 is 0.882 bits per heavy atom. The number of nitrogens with one attached hydrogen (secondary N) is 1. The number of rotatable bonds is 7. The van der Waals surface area contributed by atoms with Gasteiger partial charge in [0.25, 0.3) is 0 Å². The van der Waals surface area contributed by atoms with Crippen molar-refractivity contribution in [2.45, 2.75) is 26.3 Å². The van der Waals surface area contributed by atoms with Gasteiger partial charge in [-0.15, -0.1) is 0 Å². The summed E-state index contributed by atoms with van der Waals surface area (Å²) in [7, 11) is 0. The number of piperazine rings is 1. The van der Waals surface area contributed by atoms with Crippen molar-refractivity contribution in [2.75, 3.05) is 78.8 Å². The molecule has 9 heteroatoms. The van der Waals surface area contributed by atoms with E-state index in [-0.39, 0.29) is 23.8 Å². The van der Waals surface area contributed by atoms with E-state index in [0.717, 1.165) is 49.7 Å². The van der Waals surface area contributed by atoms with Crippen molar-refractivity contribution in [3.8, 4) is 11.5 Å². The van der Waals surface area contributed by atoms with E-state index >= 15 is 0 Å². The van der Waals surface area contributed by atoms with Crippen molar-refractivity contribution in [2.24, 2.45) is 5.92 Å². The standard InChI is InChI=1S/C25H38N4O5/c1-19(2)25(20-4-5-21-22(16-20)34-13-3-12-33-21)26-23(30)17-27-6-8-28(9-7-27)18-24(31)29-10-14-32-15-11-29/h4-5,16,19,25H,3,6-15,17-18H2,1-2H3,(H,26,30)/t25-/m1/s1.